The molecule has 0 aliphatic rings. The number of hydrazone groups is 1. The van der Waals surface area contributed by atoms with Crippen LogP contribution in [0.2, 0.25) is 0 Å². The van der Waals surface area contributed by atoms with E-state index in [1.54, 1.807) is 6.92 Å². The molecule has 0 aliphatic carbocycles. The van der Waals surface area contributed by atoms with Gasteiger partial charge in [0.1, 0.15) is 0 Å². The van der Waals surface area contributed by atoms with E-state index in [1.165, 1.54) is 6.07 Å². The molecule has 0 radical (unpaired) electrons. The average Bonchev–Trinajstić information content (AvgIpc) is 2.44. The maximum atomic E-state index is 11.7. The smallest absolute Gasteiger partial charge is 0.273 e. The van der Waals surface area contributed by atoms with Crippen molar-refractivity contribution in [2.75, 3.05) is 0 Å². The number of amides is 1. The normalized spacial score (nSPS) is 11.0. The van der Waals surface area contributed by atoms with E-state index in [2.05, 4.69) is 10.5 Å². The summed E-state index contributed by atoms with van der Waals surface area (Å²) < 4.78 is 0. The molecule has 0 spiro atoms. The Morgan fingerprint density at radius 3 is 2.48 bits per heavy atom. The molecule has 1 aromatic carbocycles. The van der Waals surface area contributed by atoms with Gasteiger partial charge in [-0.15, -0.1) is 0 Å². The Labute approximate surface area is 120 Å². The molecule has 21 heavy (non-hydrogen) atoms. The number of non-ortho nitro benzene ring substituents is 1. The largest absolute Gasteiger partial charge is 0.279 e. The van der Waals surface area contributed by atoms with Crippen LogP contribution in [-0.2, 0) is 11.2 Å². The molecular formula is C12H14N4O5. The number of benzene rings is 1. The Balaban J connectivity index is 2.95. The zero-order chi connectivity index (χ0) is 16.0. The first-order valence-corrected chi connectivity index (χ1v) is 6.08. The summed E-state index contributed by atoms with van der Waals surface area (Å²) in [5, 5.41) is 25.3. The van der Waals surface area contributed by atoms with Gasteiger partial charge in [-0.2, -0.15) is 5.10 Å². The molecule has 112 valence electrons. The predicted molar refractivity (Wildman–Crippen MR) is 75.0 cm³/mol. The van der Waals surface area contributed by atoms with Crippen molar-refractivity contribution in [2.24, 2.45) is 5.10 Å². The van der Waals surface area contributed by atoms with Gasteiger partial charge in [-0.05, 0) is 19.4 Å². The maximum Gasteiger partial charge on any atom is 0.279 e. The van der Waals surface area contributed by atoms with Gasteiger partial charge >= 0.3 is 0 Å². The number of nitrogens with zero attached hydrogens (tertiary/aromatic N) is 3. The van der Waals surface area contributed by atoms with Gasteiger partial charge in [0.25, 0.3) is 11.4 Å². The van der Waals surface area contributed by atoms with Crippen molar-refractivity contribution in [3.63, 3.8) is 0 Å². The van der Waals surface area contributed by atoms with Crippen molar-refractivity contribution >= 4 is 23.0 Å². The number of nitro benzene ring substituents is 2. The van der Waals surface area contributed by atoms with Crippen LogP contribution in [0, 0.1) is 20.2 Å². The van der Waals surface area contributed by atoms with E-state index < -0.39 is 27.1 Å². The summed E-state index contributed by atoms with van der Waals surface area (Å²) >= 11 is 0. The minimum atomic E-state index is -0.754. The second-order valence-electron chi connectivity index (χ2n) is 4.24. The van der Waals surface area contributed by atoms with Crippen molar-refractivity contribution in [1.29, 1.82) is 0 Å². The Kier molecular flexibility index (Phi) is 5.47. The van der Waals surface area contributed by atoms with Crippen LogP contribution in [0.1, 0.15) is 25.8 Å². The lowest BCUT2D eigenvalue weighted by Crippen LogP contribution is -2.21. The SMILES string of the molecule is CC/C(C)=N/NC(=O)Cc1ccc([N+](=O)[O-])cc1[N+](=O)[O-]. The van der Waals surface area contributed by atoms with E-state index in [0.717, 1.165) is 12.1 Å². The zero-order valence-electron chi connectivity index (χ0n) is 11.5. The highest BCUT2D eigenvalue weighted by Crippen LogP contribution is 2.24. The molecule has 0 atom stereocenters. The number of hydrogen-bond acceptors (Lipinski definition) is 6. The molecule has 1 N–H and O–H groups in total. The molecule has 0 heterocycles. The van der Waals surface area contributed by atoms with Gasteiger partial charge in [-0.1, -0.05) is 6.92 Å². The molecule has 0 unspecified atom stereocenters. The molecule has 0 aliphatic heterocycles. The molecule has 1 amide bonds. The molecule has 1 aromatic rings. The molecule has 9 heteroatoms. The third kappa shape index (κ3) is 4.64. The Bertz CT molecular complexity index is 612. The number of nitro groups is 2. The van der Waals surface area contributed by atoms with Crippen LogP contribution in [-0.4, -0.2) is 21.5 Å². The third-order valence-corrected chi connectivity index (χ3v) is 2.71. The van der Waals surface area contributed by atoms with Crippen LogP contribution >= 0.6 is 0 Å². The average molecular weight is 294 g/mol. The topological polar surface area (TPSA) is 128 Å². The number of carbonyl (C=O) groups is 1. The summed E-state index contributed by atoms with van der Waals surface area (Å²) in [6, 6.07) is 3.16. The molecule has 0 fully saturated rings. The van der Waals surface area contributed by atoms with Gasteiger partial charge in [0, 0.05) is 17.3 Å². The number of rotatable bonds is 6. The fourth-order valence-electron chi connectivity index (χ4n) is 1.43. The van der Waals surface area contributed by atoms with Crippen LogP contribution in [0.5, 0.6) is 0 Å². The van der Waals surface area contributed by atoms with E-state index in [1.807, 2.05) is 6.92 Å². The van der Waals surface area contributed by atoms with Crippen molar-refractivity contribution in [2.45, 2.75) is 26.7 Å². The summed E-state index contributed by atoms with van der Waals surface area (Å²) in [7, 11) is 0. The summed E-state index contributed by atoms with van der Waals surface area (Å²) in [6.07, 6.45) is 0.382. The first-order chi connectivity index (χ1) is 9.85. The first-order valence-electron chi connectivity index (χ1n) is 6.08. The quantitative estimate of drug-likeness (QED) is 0.487. The second kappa shape index (κ2) is 7.08. The van der Waals surface area contributed by atoms with E-state index in [4.69, 9.17) is 0 Å². The molecular weight excluding hydrogens is 280 g/mol. The highest BCUT2D eigenvalue weighted by atomic mass is 16.6. The van der Waals surface area contributed by atoms with Gasteiger partial charge in [0.05, 0.1) is 22.3 Å². The van der Waals surface area contributed by atoms with E-state index in [0.29, 0.717) is 12.1 Å². The van der Waals surface area contributed by atoms with Crippen LogP contribution in [0.15, 0.2) is 23.3 Å². The van der Waals surface area contributed by atoms with E-state index in [9.17, 15) is 25.0 Å². The Morgan fingerprint density at radius 1 is 1.29 bits per heavy atom. The lowest BCUT2D eigenvalue weighted by atomic mass is 10.1. The Hall–Kier alpha value is -2.84. The summed E-state index contributed by atoms with van der Waals surface area (Å²) in [4.78, 5) is 31.7. The lowest BCUT2D eigenvalue weighted by molar-refractivity contribution is -0.394. The monoisotopic (exact) mass is 294 g/mol. The molecule has 9 nitrogen and oxygen atoms in total. The number of carbonyl (C=O) groups excluding carboxylic acids is 1. The number of hydrogen-bond donors (Lipinski definition) is 1. The highest BCUT2D eigenvalue weighted by molar-refractivity contribution is 5.85. The van der Waals surface area contributed by atoms with Gasteiger partial charge in [0.2, 0.25) is 5.91 Å². The number of nitrogens with one attached hydrogen (secondary N) is 1. The maximum absolute atomic E-state index is 11.7. The van der Waals surface area contributed by atoms with Gasteiger partial charge in [0.15, 0.2) is 0 Å². The van der Waals surface area contributed by atoms with Crippen LogP contribution in [0.3, 0.4) is 0 Å². The molecule has 0 saturated heterocycles. The lowest BCUT2D eigenvalue weighted by Gasteiger charge is -2.03. The summed E-state index contributed by atoms with van der Waals surface area (Å²) in [5.41, 5.74) is 2.22. The van der Waals surface area contributed by atoms with Crippen LogP contribution < -0.4 is 5.43 Å². The second-order valence-corrected chi connectivity index (χ2v) is 4.24. The highest BCUT2D eigenvalue weighted by Gasteiger charge is 2.20. The van der Waals surface area contributed by atoms with E-state index >= 15 is 0 Å². The van der Waals surface area contributed by atoms with Crippen molar-refractivity contribution in [3.8, 4) is 0 Å². The molecule has 0 bridgehead atoms. The van der Waals surface area contributed by atoms with Gasteiger partial charge in [-0.25, -0.2) is 5.43 Å². The molecule has 1 rings (SSSR count). The summed E-state index contributed by atoms with van der Waals surface area (Å²) in [6.45, 7) is 3.60. The fraction of sp³-hybridized carbons (Fsp3) is 0.333. The standard InChI is InChI=1S/C12H14N4O5/c1-3-8(2)13-14-12(17)6-9-4-5-10(15(18)19)7-11(9)16(20)21/h4-5,7H,3,6H2,1-2H3,(H,14,17)/b13-8+. The van der Waals surface area contributed by atoms with Crippen LogP contribution in [0.25, 0.3) is 0 Å². The van der Waals surface area contributed by atoms with Crippen LogP contribution in [0.4, 0.5) is 11.4 Å². The minimum Gasteiger partial charge on any atom is -0.273 e. The minimum absolute atomic E-state index is 0.0902. The zero-order valence-corrected chi connectivity index (χ0v) is 11.5. The third-order valence-electron chi connectivity index (χ3n) is 2.71. The van der Waals surface area contributed by atoms with Gasteiger partial charge in [-0.3, -0.25) is 25.0 Å². The first kappa shape index (κ1) is 16.2. The fourth-order valence-corrected chi connectivity index (χ4v) is 1.43. The molecule has 0 saturated carbocycles. The van der Waals surface area contributed by atoms with E-state index in [-0.39, 0.29) is 12.0 Å². The Morgan fingerprint density at radius 2 is 1.95 bits per heavy atom. The van der Waals surface area contributed by atoms with Crippen molar-refractivity contribution < 1.29 is 14.6 Å². The van der Waals surface area contributed by atoms with Gasteiger partial charge < -0.3 is 0 Å². The summed E-state index contributed by atoms with van der Waals surface area (Å²) in [5.74, 6) is -0.528. The van der Waals surface area contributed by atoms with Crippen molar-refractivity contribution in [1.82, 2.24) is 5.43 Å². The predicted octanol–water partition coefficient (Wildman–Crippen LogP) is 1.95. The van der Waals surface area contributed by atoms with Crippen molar-refractivity contribution in [3.05, 3.63) is 44.0 Å². The molecule has 0 aromatic heterocycles.